The number of carbonyl (C=O) groups excluding carboxylic acids is 1. The first kappa shape index (κ1) is 12.6. The van der Waals surface area contributed by atoms with Crippen LogP contribution in [0.5, 0.6) is 0 Å². The zero-order valence-corrected chi connectivity index (χ0v) is 11.4. The highest BCUT2D eigenvalue weighted by Crippen LogP contribution is 2.28. The molecule has 102 valence electrons. The third-order valence-electron chi connectivity index (χ3n) is 3.55. The van der Waals surface area contributed by atoms with Crippen LogP contribution in [0.3, 0.4) is 0 Å². The number of fused-ring (bicyclic) bond motifs is 1. The van der Waals surface area contributed by atoms with Crippen LogP contribution in [0, 0.1) is 13.8 Å². The molecule has 1 aliphatic rings. The van der Waals surface area contributed by atoms with Crippen molar-refractivity contribution in [1.82, 2.24) is 9.97 Å². The van der Waals surface area contributed by atoms with Crippen LogP contribution in [0.1, 0.15) is 27.2 Å². The lowest BCUT2D eigenvalue weighted by Crippen LogP contribution is -2.30. The predicted molar refractivity (Wildman–Crippen MR) is 76.2 cm³/mol. The van der Waals surface area contributed by atoms with Gasteiger partial charge in [0.1, 0.15) is 0 Å². The van der Waals surface area contributed by atoms with Crippen molar-refractivity contribution in [1.29, 1.82) is 0 Å². The van der Waals surface area contributed by atoms with Crippen molar-refractivity contribution in [2.75, 3.05) is 11.4 Å². The van der Waals surface area contributed by atoms with E-state index in [1.54, 1.807) is 11.8 Å². The van der Waals surface area contributed by atoms with Crippen molar-refractivity contribution in [3.8, 4) is 0 Å². The summed E-state index contributed by atoms with van der Waals surface area (Å²) >= 11 is 0. The molecule has 0 saturated carbocycles. The second kappa shape index (κ2) is 4.59. The Balaban J connectivity index is 2.01. The summed E-state index contributed by atoms with van der Waals surface area (Å²) in [6, 6.07) is 3.42. The Labute approximate surface area is 116 Å². The first-order chi connectivity index (χ1) is 9.56. The van der Waals surface area contributed by atoms with Crippen molar-refractivity contribution in [2.45, 2.75) is 20.3 Å². The molecule has 3 heterocycles. The van der Waals surface area contributed by atoms with Gasteiger partial charge < -0.3 is 9.88 Å². The Morgan fingerprint density at radius 2 is 2.15 bits per heavy atom. The Bertz CT molecular complexity index is 749. The number of anilines is 1. The molecule has 0 atom stereocenters. The van der Waals surface area contributed by atoms with Gasteiger partial charge in [-0.25, -0.2) is 0 Å². The smallest absolute Gasteiger partial charge is 0.260 e. The second-order valence-electron chi connectivity index (χ2n) is 5.08. The van der Waals surface area contributed by atoms with Gasteiger partial charge in [-0.05, 0) is 31.0 Å². The highest BCUT2D eigenvalue weighted by atomic mass is 16.2. The summed E-state index contributed by atoms with van der Waals surface area (Å²) in [5.41, 5.74) is 3.87. The maximum atomic E-state index is 12.6. The summed E-state index contributed by atoms with van der Waals surface area (Å²) in [5.74, 6) is -0.0927. The molecular weight excluding hydrogens is 254 g/mol. The van der Waals surface area contributed by atoms with Crippen molar-refractivity contribution in [2.24, 2.45) is 0 Å². The number of amides is 1. The van der Waals surface area contributed by atoms with Gasteiger partial charge in [0.25, 0.3) is 5.91 Å². The first-order valence-corrected chi connectivity index (χ1v) is 6.53. The van der Waals surface area contributed by atoms with Gasteiger partial charge in [0.2, 0.25) is 5.56 Å². The summed E-state index contributed by atoms with van der Waals surface area (Å²) in [7, 11) is 0. The Morgan fingerprint density at radius 1 is 1.35 bits per heavy atom. The van der Waals surface area contributed by atoms with Crippen LogP contribution in [-0.2, 0) is 6.42 Å². The third-order valence-corrected chi connectivity index (χ3v) is 3.55. The summed E-state index contributed by atoms with van der Waals surface area (Å²) in [6.45, 7) is 4.36. The summed E-state index contributed by atoms with van der Waals surface area (Å²) in [6.07, 6.45) is 4.07. The van der Waals surface area contributed by atoms with E-state index in [-0.39, 0.29) is 11.5 Å². The molecule has 0 saturated heterocycles. The molecule has 1 amide bonds. The van der Waals surface area contributed by atoms with Crippen LogP contribution in [0.4, 0.5) is 5.69 Å². The Morgan fingerprint density at radius 3 is 2.90 bits per heavy atom. The molecule has 0 unspecified atom stereocenters. The van der Waals surface area contributed by atoms with Gasteiger partial charge in [0, 0.05) is 31.4 Å². The molecule has 1 aliphatic heterocycles. The molecule has 0 fully saturated rings. The molecule has 0 radical (unpaired) electrons. The van der Waals surface area contributed by atoms with E-state index in [0.29, 0.717) is 17.7 Å². The zero-order valence-electron chi connectivity index (χ0n) is 11.4. The Hall–Kier alpha value is -2.43. The summed E-state index contributed by atoms with van der Waals surface area (Å²) < 4.78 is 0. The number of hydrogen-bond donors (Lipinski definition) is 1. The van der Waals surface area contributed by atoms with Crippen molar-refractivity contribution < 1.29 is 4.79 Å². The van der Waals surface area contributed by atoms with Crippen LogP contribution >= 0.6 is 0 Å². The third kappa shape index (κ3) is 2.01. The van der Waals surface area contributed by atoms with Crippen LogP contribution in [-0.4, -0.2) is 22.4 Å². The van der Waals surface area contributed by atoms with Crippen LogP contribution < -0.4 is 10.5 Å². The van der Waals surface area contributed by atoms with Gasteiger partial charge in [-0.15, -0.1) is 0 Å². The first-order valence-electron chi connectivity index (χ1n) is 6.53. The SMILES string of the molecule is Cc1cnc2c(c1)N(C(=O)c1c[nH]c(=O)cc1C)CC2. The molecule has 1 N–H and O–H groups in total. The van der Waals surface area contributed by atoms with E-state index in [1.807, 2.05) is 19.2 Å². The minimum atomic E-state index is -0.196. The molecule has 5 nitrogen and oxygen atoms in total. The standard InChI is InChI=1S/C15H15N3O2/c1-9-5-13-12(16-7-9)3-4-18(13)15(20)11-8-17-14(19)6-10(11)2/h5-8H,3-4H2,1-2H3,(H,17,19). The van der Waals surface area contributed by atoms with Gasteiger partial charge in [0.15, 0.2) is 0 Å². The quantitative estimate of drug-likeness (QED) is 0.855. The number of nitrogens with zero attached hydrogens (tertiary/aromatic N) is 2. The average molecular weight is 269 g/mol. The van der Waals surface area contributed by atoms with E-state index in [1.165, 1.54) is 12.3 Å². The van der Waals surface area contributed by atoms with E-state index in [9.17, 15) is 9.59 Å². The molecule has 3 rings (SSSR count). The Kier molecular flexibility index (Phi) is 2.89. The fourth-order valence-corrected chi connectivity index (χ4v) is 2.51. The largest absolute Gasteiger partial charge is 0.328 e. The fraction of sp³-hybridized carbons (Fsp3) is 0.267. The minimum absolute atomic E-state index is 0.0927. The highest BCUT2D eigenvalue weighted by Gasteiger charge is 2.27. The number of carbonyl (C=O) groups is 1. The number of nitrogens with one attached hydrogen (secondary N) is 1. The lowest BCUT2D eigenvalue weighted by atomic mass is 10.1. The molecule has 0 bridgehead atoms. The van der Waals surface area contributed by atoms with Gasteiger partial charge in [-0.1, -0.05) is 0 Å². The number of aromatic amines is 1. The monoisotopic (exact) mass is 269 g/mol. The number of aryl methyl sites for hydroxylation is 2. The molecule has 5 heteroatoms. The molecule has 0 spiro atoms. The molecule has 2 aromatic heterocycles. The summed E-state index contributed by atoms with van der Waals surface area (Å²) in [5, 5.41) is 0. The molecule has 2 aromatic rings. The fourth-order valence-electron chi connectivity index (χ4n) is 2.51. The lowest BCUT2D eigenvalue weighted by Gasteiger charge is -2.18. The molecule has 0 aliphatic carbocycles. The number of pyridine rings is 2. The van der Waals surface area contributed by atoms with Crippen molar-refractivity contribution in [3.05, 3.63) is 57.3 Å². The van der Waals surface area contributed by atoms with Gasteiger partial charge in [-0.3, -0.25) is 14.6 Å². The van der Waals surface area contributed by atoms with E-state index in [4.69, 9.17) is 0 Å². The number of aromatic nitrogens is 2. The van der Waals surface area contributed by atoms with Crippen LogP contribution in [0.25, 0.3) is 0 Å². The van der Waals surface area contributed by atoms with Crippen molar-refractivity contribution >= 4 is 11.6 Å². The van der Waals surface area contributed by atoms with E-state index >= 15 is 0 Å². The lowest BCUT2D eigenvalue weighted by molar-refractivity contribution is 0.0988. The number of hydrogen-bond acceptors (Lipinski definition) is 3. The van der Waals surface area contributed by atoms with E-state index in [2.05, 4.69) is 9.97 Å². The maximum Gasteiger partial charge on any atom is 0.260 e. The number of H-pyrrole nitrogens is 1. The van der Waals surface area contributed by atoms with Crippen LogP contribution in [0.2, 0.25) is 0 Å². The predicted octanol–water partition coefficient (Wildman–Crippen LogP) is 1.59. The molecule has 20 heavy (non-hydrogen) atoms. The zero-order chi connectivity index (χ0) is 14.3. The normalized spacial score (nSPS) is 13.4. The highest BCUT2D eigenvalue weighted by molar-refractivity contribution is 6.07. The van der Waals surface area contributed by atoms with Gasteiger partial charge in [0.05, 0.1) is 16.9 Å². The van der Waals surface area contributed by atoms with Crippen molar-refractivity contribution in [3.63, 3.8) is 0 Å². The summed E-state index contributed by atoms with van der Waals surface area (Å²) in [4.78, 5) is 32.5. The average Bonchev–Trinajstić information content (AvgIpc) is 2.81. The molecule has 0 aromatic carbocycles. The molecular formula is C15H15N3O2. The number of rotatable bonds is 1. The maximum absolute atomic E-state index is 12.6. The topological polar surface area (TPSA) is 66.1 Å². The van der Waals surface area contributed by atoms with Gasteiger partial charge >= 0.3 is 0 Å². The second-order valence-corrected chi connectivity index (χ2v) is 5.08. The van der Waals surface area contributed by atoms with Crippen LogP contribution in [0.15, 0.2) is 29.3 Å². The van der Waals surface area contributed by atoms with E-state index in [0.717, 1.165) is 23.4 Å². The van der Waals surface area contributed by atoms with Gasteiger partial charge in [-0.2, -0.15) is 0 Å². The van der Waals surface area contributed by atoms with E-state index < -0.39 is 0 Å². The minimum Gasteiger partial charge on any atom is -0.328 e.